The number of nitrogens with zero attached hydrogens (tertiary/aromatic N) is 1. The summed E-state index contributed by atoms with van der Waals surface area (Å²) in [6.07, 6.45) is 2.83. The molecule has 110 valence electrons. The Bertz CT molecular complexity index is 668. The maximum atomic E-state index is 10.1. The highest BCUT2D eigenvalue weighted by atomic mass is 127. The summed E-state index contributed by atoms with van der Waals surface area (Å²) >= 11 is 4.38. The molecule has 0 bridgehead atoms. The fourth-order valence-electron chi connectivity index (χ4n) is 2.07. The number of phenolic OH excluding ortho intramolecular Hbond substituents is 1. The van der Waals surface area contributed by atoms with E-state index in [0.717, 1.165) is 24.8 Å². The second kappa shape index (κ2) is 7.58. The maximum absolute atomic E-state index is 10.1. The number of aromatic hydroxyl groups is 1. The first-order chi connectivity index (χ1) is 10.0. The molecule has 0 fully saturated rings. The molecule has 0 aliphatic carbocycles. The van der Waals surface area contributed by atoms with E-state index in [0.29, 0.717) is 11.7 Å². The SMILES string of the molecule is CC[C@H](C)c1ccccc1N=Cc1cc(I)cc(I)c1O. The minimum Gasteiger partial charge on any atom is -0.506 e. The predicted molar refractivity (Wildman–Crippen MR) is 106 cm³/mol. The van der Waals surface area contributed by atoms with Gasteiger partial charge in [-0.05, 0) is 81.3 Å². The van der Waals surface area contributed by atoms with Gasteiger partial charge in [0.15, 0.2) is 0 Å². The molecule has 0 aliphatic heterocycles. The van der Waals surface area contributed by atoms with Gasteiger partial charge in [0.1, 0.15) is 5.75 Å². The van der Waals surface area contributed by atoms with Crippen molar-refractivity contribution in [3.63, 3.8) is 0 Å². The molecular formula is C17H17I2NO. The van der Waals surface area contributed by atoms with Crippen LogP contribution in [0.3, 0.4) is 0 Å². The predicted octanol–water partition coefficient (Wildman–Crippen LogP) is 5.87. The molecule has 0 saturated carbocycles. The molecule has 2 nitrogen and oxygen atoms in total. The van der Waals surface area contributed by atoms with Gasteiger partial charge in [0.25, 0.3) is 0 Å². The summed E-state index contributed by atoms with van der Waals surface area (Å²) in [4.78, 5) is 4.60. The normalized spacial score (nSPS) is 12.8. The highest BCUT2D eigenvalue weighted by Gasteiger charge is 2.08. The molecule has 0 unspecified atom stereocenters. The van der Waals surface area contributed by atoms with E-state index in [4.69, 9.17) is 0 Å². The quantitative estimate of drug-likeness (QED) is 0.410. The van der Waals surface area contributed by atoms with E-state index in [1.54, 1.807) is 6.21 Å². The van der Waals surface area contributed by atoms with E-state index in [9.17, 15) is 5.11 Å². The molecule has 2 rings (SSSR count). The number of hydrogen-bond acceptors (Lipinski definition) is 2. The summed E-state index contributed by atoms with van der Waals surface area (Å²) in [6, 6.07) is 12.1. The molecule has 0 aliphatic rings. The maximum Gasteiger partial charge on any atom is 0.137 e. The van der Waals surface area contributed by atoms with Gasteiger partial charge >= 0.3 is 0 Å². The number of hydrogen-bond donors (Lipinski definition) is 1. The van der Waals surface area contributed by atoms with Crippen LogP contribution in [0.4, 0.5) is 5.69 Å². The van der Waals surface area contributed by atoms with Crippen LogP contribution in [0, 0.1) is 7.14 Å². The van der Waals surface area contributed by atoms with Crippen LogP contribution >= 0.6 is 45.2 Å². The zero-order valence-electron chi connectivity index (χ0n) is 12.0. The Labute approximate surface area is 153 Å². The van der Waals surface area contributed by atoms with Crippen molar-refractivity contribution in [3.05, 3.63) is 54.7 Å². The lowest BCUT2D eigenvalue weighted by Gasteiger charge is -2.11. The molecule has 0 saturated heterocycles. The van der Waals surface area contributed by atoms with Gasteiger partial charge in [0, 0.05) is 15.3 Å². The van der Waals surface area contributed by atoms with Gasteiger partial charge in [0.05, 0.1) is 9.26 Å². The van der Waals surface area contributed by atoms with Crippen molar-refractivity contribution >= 4 is 57.1 Å². The van der Waals surface area contributed by atoms with E-state index in [-0.39, 0.29) is 0 Å². The lowest BCUT2D eigenvalue weighted by atomic mass is 9.97. The Balaban J connectivity index is 2.39. The first kappa shape index (κ1) is 16.7. The Kier molecular flexibility index (Phi) is 6.04. The van der Waals surface area contributed by atoms with Gasteiger partial charge in [-0.2, -0.15) is 0 Å². The molecule has 1 atom stereocenters. The van der Waals surface area contributed by atoms with Crippen LogP contribution in [0.1, 0.15) is 37.3 Å². The first-order valence-corrected chi connectivity index (χ1v) is 8.99. The van der Waals surface area contributed by atoms with Gasteiger partial charge in [-0.25, -0.2) is 0 Å². The molecule has 0 radical (unpaired) electrons. The van der Waals surface area contributed by atoms with Crippen molar-refractivity contribution in [1.82, 2.24) is 0 Å². The standard InChI is InChI=1S/C17H17I2NO/c1-3-11(2)14-6-4-5-7-16(14)20-10-12-8-13(18)9-15(19)17(12)21/h4-11,21H,3H2,1-2H3/t11-/m0/s1. The Morgan fingerprint density at radius 2 is 1.95 bits per heavy atom. The van der Waals surface area contributed by atoms with E-state index in [1.807, 2.05) is 30.3 Å². The van der Waals surface area contributed by atoms with Crippen LogP contribution in [0.15, 0.2) is 41.4 Å². The second-order valence-electron chi connectivity index (χ2n) is 4.95. The molecule has 21 heavy (non-hydrogen) atoms. The summed E-state index contributed by atoms with van der Waals surface area (Å²) in [5.41, 5.74) is 2.97. The molecular weight excluding hydrogens is 488 g/mol. The van der Waals surface area contributed by atoms with Gasteiger partial charge in [-0.3, -0.25) is 4.99 Å². The average Bonchev–Trinajstić information content (AvgIpc) is 2.49. The third kappa shape index (κ3) is 4.18. The molecule has 0 amide bonds. The van der Waals surface area contributed by atoms with Crippen LogP contribution in [-0.4, -0.2) is 11.3 Å². The summed E-state index contributed by atoms with van der Waals surface area (Å²) < 4.78 is 1.93. The van der Waals surface area contributed by atoms with Crippen LogP contribution in [-0.2, 0) is 0 Å². The minimum atomic E-state index is 0.292. The van der Waals surface area contributed by atoms with Crippen molar-refractivity contribution in [2.24, 2.45) is 4.99 Å². The Morgan fingerprint density at radius 1 is 1.24 bits per heavy atom. The number of benzene rings is 2. The highest BCUT2D eigenvalue weighted by molar-refractivity contribution is 14.1. The van der Waals surface area contributed by atoms with Gasteiger partial charge in [-0.1, -0.05) is 32.0 Å². The van der Waals surface area contributed by atoms with Gasteiger partial charge in [0.2, 0.25) is 0 Å². The van der Waals surface area contributed by atoms with Crippen LogP contribution in [0.2, 0.25) is 0 Å². The number of aliphatic imine (C=N–C) groups is 1. The number of rotatable bonds is 4. The zero-order valence-corrected chi connectivity index (χ0v) is 16.3. The van der Waals surface area contributed by atoms with Crippen LogP contribution in [0.5, 0.6) is 5.75 Å². The topological polar surface area (TPSA) is 32.6 Å². The van der Waals surface area contributed by atoms with E-state index in [2.05, 4.69) is 70.1 Å². The van der Waals surface area contributed by atoms with E-state index < -0.39 is 0 Å². The van der Waals surface area contributed by atoms with E-state index in [1.165, 1.54) is 5.56 Å². The molecule has 2 aromatic rings. The summed E-state index contributed by atoms with van der Waals surface area (Å²) in [5.74, 6) is 0.767. The lowest BCUT2D eigenvalue weighted by Crippen LogP contribution is -1.92. The largest absolute Gasteiger partial charge is 0.506 e. The van der Waals surface area contributed by atoms with Crippen molar-refractivity contribution in [1.29, 1.82) is 0 Å². The molecule has 1 N–H and O–H groups in total. The first-order valence-electron chi connectivity index (χ1n) is 6.84. The van der Waals surface area contributed by atoms with E-state index >= 15 is 0 Å². The molecule has 4 heteroatoms. The Morgan fingerprint density at radius 3 is 2.67 bits per heavy atom. The number of para-hydroxylation sites is 1. The summed E-state index contributed by atoms with van der Waals surface area (Å²) in [7, 11) is 0. The van der Waals surface area contributed by atoms with Crippen molar-refractivity contribution in [2.75, 3.05) is 0 Å². The fourth-order valence-corrected chi connectivity index (χ4v) is 3.95. The molecule has 0 spiro atoms. The van der Waals surface area contributed by atoms with Crippen LogP contribution < -0.4 is 0 Å². The summed E-state index contributed by atoms with van der Waals surface area (Å²) in [5, 5.41) is 10.1. The van der Waals surface area contributed by atoms with Crippen molar-refractivity contribution < 1.29 is 5.11 Å². The lowest BCUT2D eigenvalue weighted by molar-refractivity contribution is 0.470. The van der Waals surface area contributed by atoms with Gasteiger partial charge < -0.3 is 5.11 Å². The van der Waals surface area contributed by atoms with Crippen molar-refractivity contribution in [2.45, 2.75) is 26.2 Å². The average molecular weight is 505 g/mol. The number of halogens is 2. The molecule has 2 aromatic carbocycles. The highest BCUT2D eigenvalue weighted by Crippen LogP contribution is 2.30. The third-order valence-electron chi connectivity index (χ3n) is 3.48. The number of phenols is 1. The Hall–Kier alpha value is -0.630. The third-order valence-corrected chi connectivity index (χ3v) is 4.93. The minimum absolute atomic E-state index is 0.292. The second-order valence-corrected chi connectivity index (χ2v) is 7.36. The van der Waals surface area contributed by atoms with Crippen molar-refractivity contribution in [3.8, 4) is 5.75 Å². The fraction of sp³-hybridized carbons (Fsp3) is 0.235. The van der Waals surface area contributed by atoms with Gasteiger partial charge in [-0.15, -0.1) is 0 Å². The monoisotopic (exact) mass is 505 g/mol. The summed E-state index contributed by atoms with van der Waals surface area (Å²) in [6.45, 7) is 4.39. The smallest absolute Gasteiger partial charge is 0.137 e. The molecule has 0 aromatic heterocycles. The van der Waals surface area contributed by atoms with Crippen LogP contribution in [0.25, 0.3) is 0 Å². The zero-order chi connectivity index (χ0) is 15.4. The molecule has 0 heterocycles.